The van der Waals surface area contributed by atoms with E-state index in [4.69, 9.17) is 0 Å². The van der Waals surface area contributed by atoms with E-state index in [1.807, 2.05) is 0 Å². The summed E-state index contributed by atoms with van der Waals surface area (Å²) in [6.45, 7) is 9.55. The van der Waals surface area contributed by atoms with Crippen LogP contribution in [0.4, 0.5) is 0 Å². The van der Waals surface area contributed by atoms with Gasteiger partial charge in [0.2, 0.25) is 0 Å². The van der Waals surface area contributed by atoms with Crippen LogP contribution in [-0.4, -0.2) is 0 Å². The molecule has 9 heavy (non-hydrogen) atoms. The first kappa shape index (κ1) is 9.69. The molecule has 0 atom stereocenters. The average molecular weight is 212 g/mol. The van der Waals surface area contributed by atoms with Gasteiger partial charge in [0.1, 0.15) is 0 Å². The Labute approximate surface area is 63.2 Å². The van der Waals surface area contributed by atoms with Crippen LogP contribution in [0.1, 0.15) is 27.7 Å². The number of rotatable bonds is 4. The Balaban J connectivity index is 3.82. The summed E-state index contributed by atoms with van der Waals surface area (Å²) in [5, 5.41) is 0. The SMILES string of the molecule is C[CH2][Mo]([CH2]C)([CH2]C)[CH2]C. The summed E-state index contributed by atoms with van der Waals surface area (Å²) in [7, 11) is 0. The van der Waals surface area contributed by atoms with E-state index >= 15 is 0 Å². The fourth-order valence-electron chi connectivity index (χ4n) is 1.22. The van der Waals surface area contributed by atoms with Crippen LogP contribution in [0.2, 0.25) is 19.2 Å². The molecule has 58 valence electrons. The van der Waals surface area contributed by atoms with Crippen LogP contribution in [0, 0.1) is 0 Å². The van der Waals surface area contributed by atoms with Crippen LogP contribution in [0.5, 0.6) is 0 Å². The van der Waals surface area contributed by atoms with Crippen molar-refractivity contribution in [2.45, 2.75) is 46.9 Å². The zero-order valence-electron chi connectivity index (χ0n) is 7.24. The molecular formula is C8H20Mo. The summed E-state index contributed by atoms with van der Waals surface area (Å²) in [4.78, 5) is 6.14. The van der Waals surface area contributed by atoms with Crippen LogP contribution in [-0.2, 0) is 16.1 Å². The maximum atomic E-state index is 2.39. The van der Waals surface area contributed by atoms with Crippen molar-refractivity contribution in [2.24, 2.45) is 0 Å². The summed E-state index contributed by atoms with van der Waals surface area (Å²) >= 11 is -1.19. The van der Waals surface area contributed by atoms with Gasteiger partial charge in [-0.1, -0.05) is 0 Å². The second kappa shape index (κ2) is 4.50. The summed E-state index contributed by atoms with van der Waals surface area (Å²) < 4.78 is 0. The molecule has 0 aromatic carbocycles. The standard InChI is InChI=1S/4C2H5.Mo/c4*1-2;/h4*1H2,2H3;. The average Bonchev–Trinajstić information content (AvgIpc) is 1.95. The topological polar surface area (TPSA) is 0 Å². The molecule has 0 saturated heterocycles. The maximum absolute atomic E-state index is 2.39. The Hall–Kier alpha value is 0.688. The second-order valence-corrected chi connectivity index (χ2v) is 14.1. The van der Waals surface area contributed by atoms with Crippen LogP contribution < -0.4 is 0 Å². The van der Waals surface area contributed by atoms with Crippen molar-refractivity contribution < 1.29 is 16.1 Å². The molecular weight excluding hydrogens is 192 g/mol. The Kier molecular flexibility index (Phi) is 4.84. The molecule has 0 aliphatic carbocycles. The molecule has 0 saturated carbocycles. The van der Waals surface area contributed by atoms with Crippen molar-refractivity contribution in [3.05, 3.63) is 0 Å². The van der Waals surface area contributed by atoms with E-state index < -0.39 is 16.1 Å². The Bertz CT molecular complexity index is 47.5. The summed E-state index contributed by atoms with van der Waals surface area (Å²) in [5.41, 5.74) is 0. The summed E-state index contributed by atoms with van der Waals surface area (Å²) in [5.74, 6) is 0. The van der Waals surface area contributed by atoms with Crippen molar-refractivity contribution >= 4 is 0 Å². The molecule has 0 rings (SSSR count). The molecule has 0 amide bonds. The molecule has 0 nitrogen and oxygen atoms in total. The second-order valence-electron chi connectivity index (χ2n) is 2.38. The molecule has 0 aromatic heterocycles. The summed E-state index contributed by atoms with van der Waals surface area (Å²) in [6, 6.07) is 0. The van der Waals surface area contributed by atoms with E-state index in [9.17, 15) is 0 Å². The molecule has 0 N–H and O–H groups in total. The molecule has 0 aliphatic rings. The Morgan fingerprint density at radius 2 is 0.889 bits per heavy atom. The zero-order valence-corrected chi connectivity index (χ0v) is 9.24. The van der Waals surface area contributed by atoms with Gasteiger partial charge in [0.25, 0.3) is 0 Å². The van der Waals surface area contributed by atoms with Gasteiger partial charge in [-0.25, -0.2) is 0 Å². The first-order valence-corrected chi connectivity index (χ1v) is 9.66. The molecule has 0 bridgehead atoms. The van der Waals surface area contributed by atoms with Crippen molar-refractivity contribution in [2.75, 3.05) is 0 Å². The predicted molar refractivity (Wildman–Crippen MR) is 41.9 cm³/mol. The van der Waals surface area contributed by atoms with E-state index in [1.54, 1.807) is 0 Å². The minimum atomic E-state index is -1.19. The Morgan fingerprint density at radius 3 is 0.889 bits per heavy atom. The number of hydrogen-bond acceptors (Lipinski definition) is 0. The predicted octanol–water partition coefficient (Wildman–Crippen LogP) is 3.89. The fraction of sp³-hybridized carbons (Fsp3) is 1.00. The van der Waals surface area contributed by atoms with E-state index in [2.05, 4.69) is 27.7 Å². The normalized spacial score (nSPS) is 13.8. The number of hydrogen-bond donors (Lipinski definition) is 0. The third-order valence-electron chi connectivity index (χ3n) is 2.45. The molecule has 0 radical (unpaired) electrons. The van der Waals surface area contributed by atoms with Crippen molar-refractivity contribution in [1.29, 1.82) is 0 Å². The van der Waals surface area contributed by atoms with Gasteiger partial charge in [0.15, 0.2) is 0 Å². The van der Waals surface area contributed by atoms with E-state index in [-0.39, 0.29) is 0 Å². The molecule has 0 aromatic rings. The zero-order chi connectivity index (χ0) is 7.33. The van der Waals surface area contributed by atoms with Gasteiger partial charge in [-0.3, -0.25) is 0 Å². The fourth-order valence-corrected chi connectivity index (χ4v) is 7.25. The van der Waals surface area contributed by atoms with Crippen LogP contribution in [0.25, 0.3) is 0 Å². The van der Waals surface area contributed by atoms with Gasteiger partial charge >= 0.3 is 63.0 Å². The Morgan fingerprint density at radius 1 is 0.667 bits per heavy atom. The van der Waals surface area contributed by atoms with Crippen molar-refractivity contribution in [1.82, 2.24) is 0 Å². The van der Waals surface area contributed by atoms with Gasteiger partial charge in [0.05, 0.1) is 0 Å². The van der Waals surface area contributed by atoms with Crippen LogP contribution in [0.3, 0.4) is 0 Å². The molecule has 0 unspecified atom stereocenters. The van der Waals surface area contributed by atoms with Crippen molar-refractivity contribution in [3.63, 3.8) is 0 Å². The van der Waals surface area contributed by atoms with Crippen LogP contribution in [0.15, 0.2) is 0 Å². The first-order chi connectivity index (χ1) is 4.24. The molecule has 0 fully saturated rings. The molecule has 1 heteroatoms. The summed E-state index contributed by atoms with van der Waals surface area (Å²) in [6.07, 6.45) is 0. The molecule has 0 heterocycles. The van der Waals surface area contributed by atoms with E-state index in [1.165, 1.54) is 19.2 Å². The van der Waals surface area contributed by atoms with Gasteiger partial charge in [0, 0.05) is 0 Å². The molecule has 0 aliphatic heterocycles. The quantitative estimate of drug-likeness (QED) is 0.620. The van der Waals surface area contributed by atoms with E-state index in [0.717, 1.165) is 0 Å². The van der Waals surface area contributed by atoms with Gasteiger partial charge < -0.3 is 0 Å². The minimum absolute atomic E-state index is 1.19. The van der Waals surface area contributed by atoms with Crippen molar-refractivity contribution in [3.8, 4) is 0 Å². The third kappa shape index (κ3) is 2.41. The van der Waals surface area contributed by atoms with E-state index in [0.29, 0.717) is 0 Å². The van der Waals surface area contributed by atoms with Crippen LogP contribution >= 0.6 is 0 Å². The van der Waals surface area contributed by atoms with Gasteiger partial charge in [-0.2, -0.15) is 0 Å². The van der Waals surface area contributed by atoms with Gasteiger partial charge in [-0.15, -0.1) is 0 Å². The third-order valence-corrected chi connectivity index (χ3v) is 14.5. The first-order valence-electron chi connectivity index (χ1n) is 3.98. The van der Waals surface area contributed by atoms with Gasteiger partial charge in [-0.05, 0) is 0 Å². The molecule has 0 spiro atoms. The monoisotopic (exact) mass is 214 g/mol.